The molecular formula is C25H32ClN3O4. The van der Waals surface area contributed by atoms with Crippen LogP contribution in [0.5, 0.6) is 17.2 Å². The summed E-state index contributed by atoms with van der Waals surface area (Å²) in [6.07, 6.45) is 3.86. The van der Waals surface area contributed by atoms with Crippen LogP contribution in [-0.4, -0.2) is 57.9 Å². The average molecular weight is 474 g/mol. The van der Waals surface area contributed by atoms with Crippen LogP contribution < -0.4 is 24.8 Å². The summed E-state index contributed by atoms with van der Waals surface area (Å²) in [5, 5.41) is 6.58. The van der Waals surface area contributed by atoms with Crippen molar-refractivity contribution in [1.82, 2.24) is 10.2 Å². The molecule has 2 aromatic rings. The van der Waals surface area contributed by atoms with Crippen molar-refractivity contribution in [2.24, 2.45) is 0 Å². The van der Waals surface area contributed by atoms with Crippen LogP contribution in [0.3, 0.4) is 0 Å². The lowest BCUT2D eigenvalue weighted by molar-refractivity contribution is 0.156. The molecule has 7 nitrogen and oxygen atoms in total. The Kier molecular flexibility index (Phi) is 6.91. The second-order valence-corrected chi connectivity index (χ2v) is 9.32. The first kappa shape index (κ1) is 23.5. The number of anilines is 1. The number of halogens is 1. The van der Waals surface area contributed by atoms with Gasteiger partial charge in [0.15, 0.2) is 11.5 Å². The summed E-state index contributed by atoms with van der Waals surface area (Å²) in [6.45, 7) is 1.03. The van der Waals surface area contributed by atoms with E-state index in [1.54, 1.807) is 39.5 Å². The maximum Gasteiger partial charge on any atom is 0.319 e. The molecule has 1 heterocycles. The number of fused-ring (bicyclic) bond motifs is 1. The molecule has 1 aliphatic heterocycles. The van der Waals surface area contributed by atoms with Gasteiger partial charge in [0.25, 0.3) is 0 Å². The highest BCUT2D eigenvalue weighted by molar-refractivity contribution is 6.31. The molecule has 33 heavy (non-hydrogen) atoms. The van der Waals surface area contributed by atoms with Crippen molar-refractivity contribution in [3.63, 3.8) is 0 Å². The summed E-state index contributed by atoms with van der Waals surface area (Å²) < 4.78 is 16.3. The predicted octanol–water partition coefficient (Wildman–Crippen LogP) is 4.68. The number of likely N-dealkylation sites (N-methyl/N-ethyl adjacent to an activating group) is 1. The number of nitrogens with zero attached hydrogens (tertiary/aromatic N) is 1. The first-order valence-corrected chi connectivity index (χ1v) is 11.6. The van der Waals surface area contributed by atoms with Gasteiger partial charge in [-0.3, -0.25) is 0 Å². The molecule has 2 N–H and O–H groups in total. The summed E-state index contributed by atoms with van der Waals surface area (Å²) in [5.74, 6) is 2.07. The SMILES string of the molecule is COc1ccc(Cl)cc1NC(=O)NC1CCC2(c3ccc(OC)c(OC)c3)CCN(C)C2C1. The maximum absolute atomic E-state index is 12.8. The molecule has 0 bridgehead atoms. The van der Waals surface area contributed by atoms with Crippen molar-refractivity contribution in [3.05, 3.63) is 47.0 Å². The molecule has 2 aliphatic rings. The van der Waals surface area contributed by atoms with Gasteiger partial charge >= 0.3 is 6.03 Å². The van der Waals surface area contributed by atoms with Crippen molar-refractivity contribution >= 4 is 23.3 Å². The lowest BCUT2D eigenvalue weighted by atomic mass is 9.65. The van der Waals surface area contributed by atoms with Gasteiger partial charge in [-0.15, -0.1) is 0 Å². The maximum atomic E-state index is 12.8. The minimum Gasteiger partial charge on any atom is -0.495 e. The van der Waals surface area contributed by atoms with Crippen molar-refractivity contribution in [2.45, 2.75) is 43.2 Å². The van der Waals surface area contributed by atoms with Crippen LogP contribution in [0.15, 0.2) is 36.4 Å². The normalized spacial score (nSPS) is 24.6. The minimum atomic E-state index is -0.250. The second-order valence-electron chi connectivity index (χ2n) is 8.89. The van der Waals surface area contributed by atoms with Gasteiger partial charge in [-0.25, -0.2) is 4.79 Å². The largest absolute Gasteiger partial charge is 0.495 e. The van der Waals surface area contributed by atoms with E-state index >= 15 is 0 Å². The Morgan fingerprint density at radius 1 is 1.03 bits per heavy atom. The second kappa shape index (κ2) is 9.69. The van der Waals surface area contributed by atoms with E-state index in [9.17, 15) is 4.79 Å². The molecule has 2 aromatic carbocycles. The van der Waals surface area contributed by atoms with Gasteiger partial charge < -0.3 is 29.7 Å². The Balaban J connectivity index is 1.48. The van der Waals surface area contributed by atoms with E-state index in [-0.39, 0.29) is 17.5 Å². The number of hydrogen-bond donors (Lipinski definition) is 2. The fourth-order valence-corrected chi connectivity index (χ4v) is 5.69. The molecule has 8 heteroatoms. The van der Waals surface area contributed by atoms with Gasteiger partial charge in [0.05, 0.1) is 27.0 Å². The third-order valence-electron chi connectivity index (χ3n) is 7.23. The minimum absolute atomic E-state index is 0.0408. The highest BCUT2D eigenvalue weighted by Crippen LogP contribution is 2.49. The number of benzene rings is 2. The van der Waals surface area contributed by atoms with Crippen molar-refractivity contribution in [2.75, 3.05) is 40.2 Å². The number of carbonyl (C=O) groups is 1. The average Bonchev–Trinajstić information content (AvgIpc) is 3.15. The summed E-state index contributed by atoms with van der Waals surface area (Å²) in [6, 6.07) is 11.6. The Hall–Kier alpha value is -2.64. The number of rotatable bonds is 6. The highest BCUT2D eigenvalue weighted by Gasteiger charge is 2.50. The molecule has 2 amide bonds. The highest BCUT2D eigenvalue weighted by atomic mass is 35.5. The number of methoxy groups -OCH3 is 3. The van der Waals surface area contributed by atoms with Crippen molar-refractivity contribution in [1.29, 1.82) is 0 Å². The number of hydrogen-bond acceptors (Lipinski definition) is 5. The number of carbonyl (C=O) groups excluding carboxylic acids is 1. The standard InChI is InChI=1S/C25H32ClN3O4/c1-29-12-11-25(16-5-7-21(32-3)22(13-16)33-4)10-9-18(15-23(25)29)27-24(30)28-19-14-17(26)6-8-20(19)31-2/h5-8,13-14,18,23H,9-12,15H2,1-4H3,(H2,27,28,30). The number of likely N-dealkylation sites (tertiary alicyclic amines) is 1. The van der Waals surface area contributed by atoms with E-state index in [1.165, 1.54) is 5.56 Å². The Labute approximate surface area is 200 Å². The summed E-state index contributed by atoms with van der Waals surface area (Å²) in [4.78, 5) is 15.2. The fraction of sp³-hybridized carbons (Fsp3) is 0.480. The molecule has 0 aromatic heterocycles. The zero-order valence-corrected chi connectivity index (χ0v) is 20.4. The topological polar surface area (TPSA) is 72.1 Å². The first-order valence-electron chi connectivity index (χ1n) is 11.2. The van der Waals surface area contributed by atoms with Gasteiger partial charge in [-0.1, -0.05) is 17.7 Å². The number of amides is 2. The van der Waals surface area contributed by atoms with Gasteiger partial charge in [0.2, 0.25) is 0 Å². The lowest BCUT2D eigenvalue weighted by Crippen LogP contribution is -2.52. The smallest absolute Gasteiger partial charge is 0.319 e. The molecule has 2 fully saturated rings. The van der Waals surface area contributed by atoms with Crippen LogP contribution >= 0.6 is 11.6 Å². The van der Waals surface area contributed by atoms with Crippen LogP contribution in [0, 0.1) is 0 Å². The number of nitrogens with one attached hydrogen (secondary N) is 2. The quantitative estimate of drug-likeness (QED) is 0.637. The number of urea groups is 1. The van der Waals surface area contributed by atoms with Crippen LogP contribution in [0.1, 0.15) is 31.2 Å². The van der Waals surface area contributed by atoms with Gasteiger partial charge in [0.1, 0.15) is 5.75 Å². The summed E-state index contributed by atoms with van der Waals surface area (Å²) in [5.41, 5.74) is 1.87. The predicted molar refractivity (Wildman–Crippen MR) is 130 cm³/mol. The molecule has 3 unspecified atom stereocenters. The van der Waals surface area contributed by atoms with E-state index in [0.717, 1.165) is 43.7 Å². The van der Waals surface area contributed by atoms with Crippen molar-refractivity contribution < 1.29 is 19.0 Å². The molecule has 0 spiro atoms. The molecule has 0 radical (unpaired) electrons. The summed E-state index contributed by atoms with van der Waals surface area (Å²) >= 11 is 6.09. The van der Waals surface area contributed by atoms with Crippen LogP contribution in [0.2, 0.25) is 5.02 Å². The molecule has 1 saturated heterocycles. The van der Waals surface area contributed by atoms with E-state index < -0.39 is 0 Å². The Bertz CT molecular complexity index is 1020. The third kappa shape index (κ3) is 4.57. The lowest BCUT2D eigenvalue weighted by Gasteiger charge is -2.45. The Morgan fingerprint density at radius 2 is 1.76 bits per heavy atom. The van der Waals surface area contributed by atoms with E-state index in [1.807, 2.05) is 6.07 Å². The van der Waals surface area contributed by atoms with E-state index in [4.69, 9.17) is 25.8 Å². The summed E-state index contributed by atoms with van der Waals surface area (Å²) in [7, 11) is 7.07. The third-order valence-corrected chi connectivity index (χ3v) is 7.47. The fourth-order valence-electron chi connectivity index (χ4n) is 5.52. The molecule has 4 rings (SSSR count). The van der Waals surface area contributed by atoms with Crippen LogP contribution in [0.4, 0.5) is 10.5 Å². The van der Waals surface area contributed by atoms with Gasteiger partial charge in [-0.05, 0) is 75.2 Å². The zero-order chi connectivity index (χ0) is 23.6. The van der Waals surface area contributed by atoms with E-state index in [2.05, 4.69) is 34.7 Å². The van der Waals surface area contributed by atoms with Crippen LogP contribution in [-0.2, 0) is 5.41 Å². The molecule has 1 aliphatic carbocycles. The molecule has 1 saturated carbocycles. The van der Waals surface area contributed by atoms with Gasteiger partial charge in [0, 0.05) is 22.5 Å². The molecule has 3 atom stereocenters. The molecular weight excluding hydrogens is 442 g/mol. The van der Waals surface area contributed by atoms with Crippen LogP contribution in [0.25, 0.3) is 0 Å². The van der Waals surface area contributed by atoms with E-state index in [0.29, 0.717) is 22.5 Å². The zero-order valence-electron chi connectivity index (χ0n) is 19.6. The number of ether oxygens (including phenoxy) is 3. The molecule has 178 valence electrons. The Morgan fingerprint density at radius 3 is 2.48 bits per heavy atom. The first-order chi connectivity index (χ1) is 15.9. The van der Waals surface area contributed by atoms with Gasteiger partial charge in [-0.2, -0.15) is 0 Å². The monoisotopic (exact) mass is 473 g/mol. The van der Waals surface area contributed by atoms with Crippen molar-refractivity contribution in [3.8, 4) is 17.2 Å².